The minimum absolute atomic E-state index is 0.267. The smallest absolute Gasteiger partial charge is 0.251 e. The van der Waals surface area contributed by atoms with E-state index in [0.717, 1.165) is 0 Å². The molecule has 0 spiro atoms. The molecule has 1 aromatic heterocycles. The molecule has 0 radical (unpaired) electrons. The van der Waals surface area contributed by atoms with Gasteiger partial charge in [-0.3, -0.25) is 4.79 Å². The average Bonchev–Trinajstić information content (AvgIpc) is 2.96. The zero-order valence-electron chi connectivity index (χ0n) is 13.6. The van der Waals surface area contributed by atoms with Crippen molar-refractivity contribution in [2.45, 2.75) is 13.3 Å². The number of rotatable bonds is 5. The fourth-order valence-electron chi connectivity index (χ4n) is 2.40. The second-order valence-electron chi connectivity index (χ2n) is 5.55. The van der Waals surface area contributed by atoms with Gasteiger partial charge in [0, 0.05) is 24.1 Å². The van der Waals surface area contributed by atoms with Crippen LogP contribution in [0.4, 0.5) is 8.78 Å². The molecular formula is C19H16F2N2O2. The summed E-state index contributed by atoms with van der Waals surface area (Å²) in [5.74, 6) is -0.0843. The van der Waals surface area contributed by atoms with Crippen molar-refractivity contribution < 1.29 is 18.0 Å². The van der Waals surface area contributed by atoms with Crippen molar-refractivity contribution >= 4 is 5.91 Å². The third kappa shape index (κ3) is 4.09. The van der Waals surface area contributed by atoms with Gasteiger partial charge in [0.15, 0.2) is 0 Å². The largest absolute Gasteiger partial charge is 0.441 e. The third-order valence-electron chi connectivity index (χ3n) is 3.72. The van der Waals surface area contributed by atoms with Crippen molar-refractivity contribution in [3.8, 4) is 11.5 Å². The second-order valence-corrected chi connectivity index (χ2v) is 5.55. The van der Waals surface area contributed by atoms with Gasteiger partial charge in [-0.05, 0) is 49.4 Å². The Morgan fingerprint density at radius 3 is 2.60 bits per heavy atom. The van der Waals surface area contributed by atoms with Crippen LogP contribution in [0.2, 0.25) is 0 Å². The Bertz CT molecular complexity index is 889. The van der Waals surface area contributed by atoms with Crippen LogP contribution in [0.25, 0.3) is 11.5 Å². The standard InChI is InChI=1S/C19H16F2N2O2/c1-12-17(23-19(25-12)13-5-7-15(20)8-6-13)9-10-22-18(24)14-3-2-4-16(21)11-14/h2-8,11H,9-10H2,1H3,(H,22,24). The zero-order chi connectivity index (χ0) is 17.8. The molecule has 0 aliphatic carbocycles. The first-order valence-electron chi connectivity index (χ1n) is 7.79. The van der Waals surface area contributed by atoms with Crippen molar-refractivity contribution in [2.75, 3.05) is 6.54 Å². The molecule has 2 aromatic carbocycles. The molecule has 0 saturated carbocycles. The van der Waals surface area contributed by atoms with E-state index in [4.69, 9.17) is 4.42 Å². The van der Waals surface area contributed by atoms with E-state index in [2.05, 4.69) is 10.3 Å². The van der Waals surface area contributed by atoms with Crippen LogP contribution < -0.4 is 5.32 Å². The van der Waals surface area contributed by atoms with Gasteiger partial charge in [-0.1, -0.05) is 6.07 Å². The van der Waals surface area contributed by atoms with E-state index in [1.165, 1.54) is 30.3 Å². The lowest BCUT2D eigenvalue weighted by Gasteiger charge is -2.04. The molecule has 0 unspecified atom stereocenters. The van der Waals surface area contributed by atoms with Crippen LogP contribution in [0.15, 0.2) is 52.9 Å². The predicted octanol–water partition coefficient (Wildman–Crippen LogP) is 3.90. The van der Waals surface area contributed by atoms with Gasteiger partial charge in [0.1, 0.15) is 17.4 Å². The highest BCUT2D eigenvalue weighted by atomic mass is 19.1. The molecule has 0 saturated heterocycles. The first-order valence-corrected chi connectivity index (χ1v) is 7.79. The Labute approximate surface area is 143 Å². The number of carbonyl (C=O) groups excluding carboxylic acids is 1. The Balaban J connectivity index is 1.62. The summed E-state index contributed by atoms with van der Waals surface area (Å²) in [6.45, 7) is 2.12. The fourth-order valence-corrected chi connectivity index (χ4v) is 2.40. The van der Waals surface area contributed by atoms with E-state index in [1.807, 2.05) is 0 Å². The molecule has 0 aliphatic rings. The van der Waals surface area contributed by atoms with Gasteiger partial charge in [0.25, 0.3) is 5.91 Å². The number of nitrogens with one attached hydrogen (secondary N) is 1. The second kappa shape index (κ2) is 7.25. The molecule has 3 aromatic rings. The molecule has 6 heteroatoms. The summed E-state index contributed by atoms with van der Waals surface area (Å²) in [5, 5.41) is 2.72. The molecule has 0 fully saturated rings. The van der Waals surface area contributed by atoms with Gasteiger partial charge in [0.2, 0.25) is 5.89 Å². The number of carbonyl (C=O) groups is 1. The molecule has 0 bridgehead atoms. The molecule has 1 amide bonds. The Hall–Kier alpha value is -3.02. The van der Waals surface area contributed by atoms with Crippen LogP contribution in [-0.2, 0) is 6.42 Å². The summed E-state index contributed by atoms with van der Waals surface area (Å²) >= 11 is 0. The highest BCUT2D eigenvalue weighted by Gasteiger charge is 2.12. The van der Waals surface area contributed by atoms with E-state index in [0.29, 0.717) is 35.9 Å². The Kier molecular flexibility index (Phi) is 4.88. The van der Waals surface area contributed by atoms with E-state index >= 15 is 0 Å². The normalized spacial score (nSPS) is 10.7. The highest BCUT2D eigenvalue weighted by molar-refractivity contribution is 5.94. The lowest BCUT2D eigenvalue weighted by molar-refractivity contribution is 0.0953. The topological polar surface area (TPSA) is 55.1 Å². The fraction of sp³-hybridized carbons (Fsp3) is 0.158. The van der Waals surface area contributed by atoms with Crippen LogP contribution >= 0.6 is 0 Å². The molecular weight excluding hydrogens is 326 g/mol. The minimum atomic E-state index is -0.455. The first kappa shape index (κ1) is 16.8. The Morgan fingerprint density at radius 1 is 1.12 bits per heavy atom. The maximum atomic E-state index is 13.1. The van der Waals surface area contributed by atoms with Crippen molar-refractivity contribution in [1.29, 1.82) is 0 Å². The number of aryl methyl sites for hydroxylation is 1. The lowest BCUT2D eigenvalue weighted by atomic mass is 10.2. The van der Waals surface area contributed by atoms with Gasteiger partial charge in [-0.25, -0.2) is 13.8 Å². The predicted molar refractivity (Wildman–Crippen MR) is 89.1 cm³/mol. The van der Waals surface area contributed by atoms with Crippen molar-refractivity contribution in [2.24, 2.45) is 0 Å². The zero-order valence-corrected chi connectivity index (χ0v) is 13.6. The van der Waals surface area contributed by atoms with Crippen LogP contribution in [-0.4, -0.2) is 17.4 Å². The maximum Gasteiger partial charge on any atom is 0.251 e. The van der Waals surface area contributed by atoms with Crippen LogP contribution in [0.3, 0.4) is 0 Å². The van der Waals surface area contributed by atoms with Crippen molar-refractivity contribution in [3.63, 3.8) is 0 Å². The Morgan fingerprint density at radius 2 is 1.88 bits per heavy atom. The summed E-state index contributed by atoms with van der Waals surface area (Å²) in [7, 11) is 0. The number of aromatic nitrogens is 1. The monoisotopic (exact) mass is 342 g/mol. The van der Waals surface area contributed by atoms with Gasteiger partial charge >= 0.3 is 0 Å². The molecule has 25 heavy (non-hydrogen) atoms. The van der Waals surface area contributed by atoms with E-state index in [1.54, 1.807) is 25.1 Å². The van der Waals surface area contributed by atoms with Gasteiger partial charge in [-0.15, -0.1) is 0 Å². The number of halogens is 2. The summed E-state index contributed by atoms with van der Waals surface area (Å²) in [4.78, 5) is 16.4. The van der Waals surface area contributed by atoms with Crippen LogP contribution in [0.5, 0.6) is 0 Å². The van der Waals surface area contributed by atoms with Crippen molar-refractivity contribution in [3.05, 3.63) is 77.2 Å². The number of hydrogen-bond acceptors (Lipinski definition) is 3. The lowest BCUT2D eigenvalue weighted by Crippen LogP contribution is -2.26. The SMILES string of the molecule is Cc1oc(-c2ccc(F)cc2)nc1CCNC(=O)c1cccc(F)c1. The van der Waals surface area contributed by atoms with Gasteiger partial charge in [0.05, 0.1) is 5.69 Å². The quantitative estimate of drug-likeness (QED) is 0.765. The molecule has 0 atom stereocenters. The molecule has 3 rings (SSSR count). The van der Waals surface area contributed by atoms with Crippen LogP contribution in [0.1, 0.15) is 21.8 Å². The van der Waals surface area contributed by atoms with E-state index < -0.39 is 5.82 Å². The highest BCUT2D eigenvalue weighted by Crippen LogP contribution is 2.22. The number of hydrogen-bond donors (Lipinski definition) is 1. The number of amides is 1. The van der Waals surface area contributed by atoms with Gasteiger partial charge in [-0.2, -0.15) is 0 Å². The first-order chi connectivity index (χ1) is 12.0. The molecule has 128 valence electrons. The summed E-state index contributed by atoms with van der Waals surface area (Å²) in [6.07, 6.45) is 0.470. The third-order valence-corrected chi connectivity index (χ3v) is 3.72. The molecule has 0 aliphatic heterocycles. The van der Waals surface area contributed by atoms with E-state index in [-0.39, 0.29) is 17.3 Å². The number of nitrogens with zero attached hydrogens (tertiary/aromatic N) is 1. The minimum Gasteiger partial charge on any atom is -0.441 e. The maximum absolute atomic E-state index is 13.1. The number of benzene rings is 2. The number of oxazole rings is 1. The van der Waals surface area contributed by atoms with Crippen molar-refractivity contribution in [1.82, 2.24) is 10.3 Å². The average molecular weight is 342 g/mol. The van der Waals surface area contributed by atoms with Crippen LogP contribution in [0, 0.1) is 18.6 Å². The summed E-state index contributed by atoms with van der Waals surface area (Å²) in [5.41, 5.74) is 1.65. The summed E-state index contributed by atoms with van der Waals surface area (Å²) in [6, 6.07) is 11.4. The molecule has 1 heterocycles. The summed E-state index contributed by atoms with van der Waals surface area (Å²) < 4.78 is 31.7. The molecule has 4 nitrogen and oxygen atoms in total. The van der Waals surface area contributed by atoms with Gasteiger partial charge < -0.3 is 9.73 Å². The van der Waals surface area contributed by atoms with E-state index in [9.17, 15) is 13.6 Å². The molecule has 1 N–H and O–H groups in total.